The van der Waals surface area contributed by atoms with E-state index in [0.717, 1.165) is 5.75 Å². The summed E-state index contributed by atoms with van der Waals surface area (Å²) in [5, 5.41) is 5.30. The quantitative estimate of drug-likeness (QED) is 0.143. The molecule has 0 N–H and O–H groups in total. The number of hydrogen-bond acceptors (Lipinski definition) is 1. The fourth-order valence-electron chi connectivity index (χ4n) is 6.65. The van der Waals surface area contributed by atoms with Gasteiger partial charge >= 0.3 is 41.9 Å². The monoisotopic (exact) mass is 784 g/mol. The third-order valence-electron chi connectivity index (χ3n) is 8.27. The Labute approximate surface area is 323 Å². The molecule has 0 atom stereocenters. The van der Waals surface area contributed by atoms with E-state index in [2.05, 4.69) is 161 Å². The fraction of sp³-hybridized carbons (Fsp3) is 0.318. The first-order chi connectivity index (χ1) is 22.0. The predicted molar refractivity (Wildman–Crippen MR) is 206 cm³/mol. The second kappa shape index (κ2) is 17.7. The van der Waals surface area contributed by atoms with Crippen LogP contribution in [0, 0.1) is 48.5 Å². The minimum atomic E-state index is 0. The number of aryl methyl sites for hydroxylation is 7. The van der Waals surface area contributed by atoms with Crippen molar-refractivity contribution in [1.29, 1.82) is 0 Å². The van der Waals surface area contributed by atoms with Gasteiger partial charge in [-0.2, -0.15) is 12.1 Å². The Morgan fingerprint density at radius 1 is 0.571 bits per heavy atom. The molecule has 6 aromatic rings. The number of methoxy groups -OCH3 is 1. The topological polar surface area (TPSA) is 9.23 Å². The van der Waals surface area contributed by atoms with E-state index in [-0.39, 0.29) is 35.7 Å². The molecule has 6 aromatic carbocycles. The summed E-state index contributed by atoms with van der Waals surface area (Å²) in [6.45, 7) is 26.5. The largest absolute Gasteiger partial charge is 1.00 e. The number of halogens is 2. The van der Waals surface area contributed by atoms with Gasteiger partial charge < -0.3 is 29.6 Å². The molecule has 0 amide bonds. The normalized spacial score (nSPS) is 10.8. The van der Waals surface area contributed by atoms with E-state index in [0.29, 0.717) is 0 Å². The zero-order valence-corrected chi connectivity index (χ0v) is 36.6. The van der Waals surface area contributed by atoms with Gasteiger partial charge in [-0.15, -0.1) is 56.9 Å². The molecule has 0 fully saturated rings. The molecule has 258 valence electrons. The van der Waals surface area contributed by atoms with Gasteiger partial charge in [0.15, 0.2) is 0 Å². The third kappa shape index (κ3) is 10.8. The molecule has 0 radical (unpaired) electrons. The number of fused-ring (bicyclic) bond motifs is 2. The number of rotatable bonds is 3. The van der Waals surface area contributed by atoms with Crippen molar-refractivity contribution >= 4 is 27.0 Å². The molecule has 0 aliphatic rings. The van der Waals surface area contributed by atoms with Crippen LogP contribution in [0.1, 0.15) is 65.3 Å². The zero-order valence-electron chi connectivity index (χ0n) is 31.7. The van der Waals surface area contributed by atoms with Crippen LogP contribution < -0.4 is 29.6 Å². The first-order valence-corrected chi connectivity index (χ1v) is 22.8. The summed E-state index contributed by atoms with van der Waals surface area (Å²) < 4.78 is 5.95. The Balaban J connectivity index is 0.000000301. The molecule has 0 saturated heterocycles. The Bertz CT molecular complexity index is 2030. The molecule has 6 rings (SSSR count). The average molecular weight is 787 g/mol. The van der Waals surface area contributed by atoms with Gasteiger partial charge in [0.25, 0.3) is 0 Å². The first kappa shape index (κ1) is 42.7. The SMILES string of the molecule is COc1c(C(C)(C)C)cc2[cH-]c(C)cc2c1-c1cc(C)cc(C)c1.C[Si](C)=[Zr+2].Cc1cc(C)cc(-c2cc(C)cc3[cH-]c(C)cc23)c1.[Cl-].[Cl-]. The molecular weight excluding hydrogens is 735 g/mol. The van der Waals surface area contributed by atoms with Gasteiger partial charge in [0.05, 0.1) is 7.11 Å². The van der Waals surface area contributed by atoms with Gasteiger partial charge in [-0.3, -0.25) is 0 Å². The van der Waals surface area contributed by atoms with Crippen molar-refractivity contribution in [3.8, 4) is 28.0 Å². The van der Waals surface area contributed by atoms with E-state index >= 15 is 0 Å². The summed E-state index contributed by atoms with van der Waals surface area (Å²) in [4.78, 5) is 0. The maximum Gasteiger partial charge on any atom is -0.0274 e. The molecule has 49 heavy (non-hydrogen) atoms. The van der Waals surface area contributed by atoms with Crippen LogP contribution >= 0.6 is 0 Å². The molecular formula is C44H52Cl2OSiZr-2. The summed E-state index contributed by atoms with van der Waals surface area (Å²) in [5.74, 6) is 1.01. The molecule has 1 nitrogen and oxygen atoms in total. The summed E-state index contributed by atoms with van der Waals surface area (Å²) in [5.41, 5.74) is 15.8. The van der Waals surface area contributed by atoms with E-state index in [9.17, 15) is 0 Å². The maximum atomic E-state index is 5.95. The molecule has 0 bridgehead atoms. The molecule has 0 saturated carbocycles. The Morgan fingerprint density at radius 3 is 1.43 bits per heavy atom. The fourth-order valence-corrected chi connectivity index (χ4v) is 6.65. The standard InChI is InChI=1S/C23H27O.C19H19.C2H6Si.2ClH.Zr/c1-14-8-15(2)11-18(10-14)21-19-12-16(3)9-17(19)13-20(22(21)24-7)23(4,5)6;1-12-5-13(2)7-16(6-12)18-10-14(3)8-17-9-15(4)11-19(17)18;1-3-2;;;/h8-13H,1-7H3;5-11H,1-4H3;1-2H3;2*1H;/q2*-1;;;;+2/p-2. The average Bonchev–Trinajstić information content (AvgIpc) is 3.50. The second-order valence-electron chi connectivity index (χ2n) is 14.7. The molecule has 5 heteroatoms. The molecule has 0 spiro atoms. The van der Waals surface area contributed by atoms with Crippen LogP contribution in [0.5, 0.6) is 5.75 Å². The number of hydrogen-bond donors (Lipinski definition) is 0. The van der Waals surface area contributed by atoms with E-state index in [1.807, 2.05) is 0 Å². The molecule has 0 aromatic heterocycles. The summed E-state index contributed by atoms with van der Waals surface area (Å²) in [6, 6.07) is 29.5. The predicted octanol–water partition coefficient (Wildman–Crippen LogP) is 6.71. The van der Waals surface area contributed by atoms with Crippen molar-refractivity contribution < 1.29 is 52.9 Å². The smallest absolute Gasteiger partial charge is 0.0274 e. The second-order valence-corrected chi connectivity index (χ2v) is 24.1. The maximum absolute atomic E-state index is 5.95. The Kier molecular flexibility index (Phi) is 15.4. The minimum absolute atomic E-state index is 0. The van der Waals surface area contributed by atoms with Crippen LogP contribution in [0.25, 0.3) is 43.8 Å². The summed E-state index contributed by atoms with van der Waals surface area (Å²) in [7, 11) is 1.79. The first-order valence-electron chi connectivity index (χ1n) is 16.6. The van der Waals surface area contributed by atoms with E-state index in [4.69, 9.17) is 4.74 Å². The molecule has 0 unspecified atom stereocenters. The van der Waals surface area contributed by atoms with Crippen molar-refractivity contribution in [2.45, 2.75) is 87.7 Å². The van der Waals surface area contributed by atoms with Crippen LogP contribution in [0.2, 0.25) is 13.1 Å². The van der Waals surface area contributed by atoms with Crippen molar-refractivity contribution in [1.82, 2.24) is 0 Å². The van der Waals surface area contributed by atoms with Gasteiger partial charge in [-0.05, 0) is 62.3 Å². The summed E-state index contributed by atoms with van der Waals surface area (Å²) >= 11 is 1.74. The van der Waals surface area contributed by atoms with Crippen LogP contribution in [-0.2, 0) is 28.8 Å². The molecule has 0 aliphatic carbocycles. The van der Waals surface area contributed by atoms with Gasteiger partial charge in [0, 0.05) is 0 Å². The van der Waals surface area contributed by atoms with Gasteiger partial charge in [0.1, 0.15) is 5.75 Å². The zero-order chi connectivity index (χ0) is 34.8. The van der Waals surface area contributed by atoms with Crippen molar-refractivity contribution in [2.24, 2.45) is 0 Å². The van der Waals surface area contributed by atoms with Gasteiger partial charge in [-0.25, -0.2) is 0 Å². The van der Waals surface area contributed by atoms with Gasteiger partial charge in [-0.1, -0.05) is 110 Å². The Morgan fingerprint density at radius 2 is 0.980 bits per heavy atom. The van der Waals surface area contributed by atoms with Crippen LogP contribution in [0.15, 0.2) is 78.9 Å². The molecule has 0 heterocycles. The van der Waals surface area contributed by atoms with Crippen molar-refractivity contribution in [3.63, 3.8) is 0 Å². The van der Waals surface area contributed by atoms with Crippen molar-refractivity contribution in [3.05, 3.63) is 123 Å². The third-order valence-corrected chi connectivity index (χ3v) is 8.27. The van der Waals surface area contributed by atoms with E-state index < -0.39 is 0 Å². The van der Waals surface area contributed by atoms with Crippen molar-refractivity contribution in [2.75, 3.05) is 7.11 Å². The summed E-state index contributed by atoms with van der Waals surface area (Å²) in [6.07, 6.45) is 0. The van der Waals surface area contributed by atoms with Crippen LogP contribution in [-0.4, -0.2) is 12.5 Å². The molecule has 0 aliphatic heterocycles. The van der Waals surface area contributed by atoms with E-state index in [1.54, 1.807) is 30.4 Å². The van der Waals surface area contributed by atoms with Gasteiger partial charge in [0.2, 0.25) is 0 Å². The number of benzene rings is 4. The van der Waals surface area contributed by atoms with Crippen LogP contribution in [0.3, 0.4) is 0 Å². The Hall–Kier alpha value is -2.42. The van der Waals surface area contributed by atoms with Crippen LogP contribution in [0.4, 0.5) is 0 Å². The minimum Gasteiger partial charge on any atom is -1.00 e. The van der Waals surface area contributed by atoms with E-state index in [1.165, 1.54) is 88.3 Å². The number of ether oxygens (including phenoxy) is 1.